The number of pyridine rings is 1. The van der Waals surface area contributed by atoms with Crippen molar-refractivity contribution in [2.45, 2.75) is 6.43 Å². The third-order valence-corrected chi connectivity index (χ3v) is 1.86. The summed E-state index contributed by atoms with van der Waals surface area (Å²) in [5.41, 5.74) is -0.460. The summed E-state index contributed by atoms with van der Waals surface area (Å²) in [4.78, 5) is 3.42. The molecular weight excluding hydrogens is 214 g/mol. The van der Waals surface area contributed by atoms with Gasteiger partial charge in [0.1, 0.15) is 11.5 Å². The minimum absolute atomic E-state index is 0.106. The maximum atomic E-state index is 12.1. The molecule has 0 aliphatic carbocycles. The molecule has 1 aromatic rings. The van der Waals surface area contributed by atoms with Gasteiger partial charge in [-0.2, -0.15) is 0 Å². The van der Waals surface area contributed by atoms with Crippen molar-refractivity contribution in [3.8, 4) is 0 Å². The summed E-state index contributed by atoms with van der Waals surface area (Å²) >= 11 is 0. The molecule has 0 aliphatic rings. The van der Waals surface area contributed by atoms with Crippen molar-refractivity contribution in [2.75, 3.05) is 11.0 Å². The van der Waals surface area contributed by atoms with Crippen LogP contribution in [0, 0.1) is 0 Å². The Kier molecular flexibility index (Phi) is 3.00. The van der Waals surface area contributed by atoms with Crippen LogP contribution in [0.1, 0.15) is 12.1 Å². The lowest BCUT2D eigenvalue weighted by Gasteiger charge is -2.04. The molecule has 1 heterocycles. The van der Waals surface area contributed by atoms with Crippen molar-refractivity contribution in [2.24, 2.45) is 0 Å². The summed E-state index contributed by atoms with van der Waals surface area (Å²) < 4.78 is 47.8. The van der Waals surface area contributed by atoms with E-state index in [0.29, 0.717) is 0 Å². The lowest BCUT2D eigenvalue weighted by molar-refractivity contribution is 0.146. The van der Waals surface area contributed by atoms with Crippen LogP contribution in [0.4, 0.5) is 14.6 Å². The van der Waals surface area contributed by atoms with Gasteiger partial charge in [-0.05, 0) is 12.1 Å². The molecule has 0 spiro atoms. The zero-order valence-electron chi connectivity index (χ0n) is 7.24. The number of nitrogens with zero attached hydrogens (tertiary/aromatic N) is 1. The molecule has 1 aromatic heterocycles. The average molecular weight is 222 g/mol. The lowest BCUT2D eigenvalue weighted by Crippen LogP contribution is -2.11. The van der Waals surface area contributed by atoms with Crippen molar-refractivity contribution >= 4 is 15.8 Å². The summed E-state index contributed by atoms with van der Waals surface area (Å²) in [6.45, 7) is 0. The largest absolute Gasteiger partial charge is 0.280 e. The van der Waals surface area contributed by atoms with Crippen molar-refractivity contribution in [1.82, 2.24) is 4.98 Å². The average Bonchev–Trinajstić information content (AvgIpc) is 2.01. The maximum Gasteiger partial charge on any atom is 0.280 e. The van der Waals surface area contributed by atoms with E-state index < -0.39 is 22.1 Å². The summed E-state index contributed by atoms with van der Waals surface area (Å²) in [7, 11) is -3.48. The molecule has 0 atom stereocenters. The van der Waals surface area contributed by atoms with Gasteiger partial charge < -0.3 is 0 Å². The Morgan fingerprint density at radius 1 is 1.43 bits per heavy atom. The highest BCUT2D eigenvalue weighted by Crippen LogP contribution is 2.17. The van der Waals surface area contributed by atoms with Gasteiger partial charge in [0.2, 0.25) is 10.0 Å². The van der Waals surface area contributed by atoms with E-state index in [4.69, 9.17) is 0 Å². The van der Waals surface area contributed by atoms with Gasteiger partial charge in [0.15, 0.2) is 0 Å². The van der Waals surface area contributed by atoms with Crippen LogP contribution in [0.15, 0.2) is 18.2 Å². The fraction of sp³-hybridized carbons (Fsp3) is 0.286. The smallest absolute Gasteiger partial charge is 0.268 e. The Labute approximate surface area is 80.0 Å². The first kappa shape index (κ1) is 10.8. The second-order valence-corrected chi connectivity index (χ2v) is 4.37. The molecule has 78 valence electrons. The predicted octanol–water partition coefficient (Wildman–Crippen LogP) is 1.39. The number of sulfonamides is 1. The number of aromatic nitrogens is 1. The van der Waals surface area contributed by atoms with Crippen LogP contribution in [0.3, 0.4) is 0 Å². The number of halogens is 2. The number of anilines is 1. The van der Waals surface area contributed by atoms with Gasteiger partial charge in [0.05, 0.1) is 6.26 Å². The molecule has 1 rings (SSSR count). The van der Waals surface area contributed by atoms with Gasteiger partial charge >= 0.3 is 0 Å². The highest BCUT2D eigenvalue weighted by atomic mass is 32.2. The topological polar surface area (TPSA) is 59.1 Å². The summed E-state index contributed by atoms with van der Waals surface area (Å²) in [5.74, 6) is -0.106. The second kappa shape index (κ2) is 3.87. The number of alkyl halides is 2. The van der Waals surface area contributed by atoms with Crippen molar-refractivity contribution < 1.29 is 17.2 Å². The van der Waals surface area contributed by atoms with Crippen LogP contribution in [0.2, 0.25) is 0 Å². The number of hydrogen-bond donors (Lipinski definition) is 1. The maximum absolute atomic E-state index is 12.1. The molecule has 0 saturated heterocycles. The van der Waals surface area contributed by atoms with E-state index in [1.54, 1.807) is 0 Å². The van der Waals surface area contributed by atoms with Crippen molar-refractivity contribution in [1.29, 1.82) is 0 Å². The lowest BCUT2D eigenvalue weighted by atomic mass is 10.3. The Morgan fingerprint density at radius 3 is 2.57 bits per heavy atom. The van der Waals surface area contributed by atoms with E-state index in [-0.39, 0.29) is 5.82 Å². The molecule has 0 aliphatic heterocycles. The van der Waals surface area contributed by atoms with Gasteiger partial charge in [-0.25, -0.2) is 22.2 Å². The summed E-state index contributed by atoms with van der Waals surface area (Å²) in [6, 6.07) is 3.73. The number of nitrogens with one attached hydrogen (secondary N) is 1. The standard InChI is InChI=1S/C7H8F2N2O2S/c1-14(12,13)11-6-4-2-3-5(10-6)7(8)9/h2-4,7H,1H3,(H,10,11). The Balaban J connectivity index is 2.95. The van der Waals surface area contributed by atoms with Crippen molar-refractivity contribution in [3.63, 3.8) is 0 Å². The van der Waals surface area contributed by atoms with Gasteiger partial charge in [-0.3, -0.25) is 4.72 Å². The van der Waals surface area contributed by atoms with Crippen LogP contribution in [-0.2, 0) is 10.0 Å². The first-order chi connectivity index (χ1) is 6.38. The van der Waals surface area contributed by atoms with Gasteiger partial charge in [-0.15, -0.1) is 0 Å². The fourth-order valence-corrected chi connectivity index (χ4v) is 1.31. The zero-order chi connectivity index (χ0) is 10.8. The molecule has 0 bridgehead atoms. The van der Waals surface area contributed by atoms with Crippen LogP contribution in [0.5, 0.6) is 0 Å². The van der Waals surface area contributed by atoms with E-state index in [0.717, 1.165) is 12.3 Å². The molecule has 0 radical (unpaired) electrons. The van der Waals surface area contributed by atoms with Gasteiger partial charge in [0.25, 0.3) is 6.43 Å². The van der Waals surface area contributed by atoms with E-state index >= 15 is 0 Å². The molecule has 14 heavy (non-hydrogen) atoms. The summed E-state index contributed by atoms with van der Waals surface area (Å²) in [6.07, 6.45) is -1.79. The molecule has 0 amide bonds. The normalized spacial score (nSPS) is 11.7. The van der Waals surface area contributed by atoms with Crippen LogP contribution in [0.25, 0.3) is 0 Å². The highest BCUT2D eigenvalue weighted by Gasteiger charge is 2.10. The third kappa shape index (κ3) is 3.25. The SMILES string of the molecule is CS(=O)(=O)Nc1cccc(C(F)F)n1. The van der Waals surface area contributed by atoms with Crippen LogP contribution in [-0.4, -0.2) is 19.7 Å². The molecule has 7 heteroatoms. The molecule has 4 nitrogen and oxygen atoms in total. The molecule has 1 N–H and O–H groups in total. The quantitative estimate of drug-likeness (QED) is 0.840. The Bertz CT molecular complexity index is 419. The molecular formula is C7H8F2N2O2S. The zero-order valence-corrected chi connectivity index (χ0v) is 8.05. The first-order valence-electron chi connectivity index (χ1n) is 3.61. The van der Waals surface area contributed by atoms with E-state index in [2.05, 4.69) is 4.98 Å². The van der Waals surface area contributed by atoms with E-state index in [9.17, 15) is 17.2 Å². The van der Waals surface area contributed by atoms with E-state index in [1.165, 1.54) is 12.1 Å². The minimum Gasteiger partial charge on any atom is -0.268 e. The number of hydrogen-bond acceptors (Lipinski definition) is 3. The predicted molar refractivity (Wildman–Crippen MR) is 47.7 cm³/mol. The minimum atomic E-state index is -3.48. The third-order valence-electron chi connectivity index (χ3n) is 1.28. The van der Waals surface area contributed by atoms with Gasteiger partial charge in [-0.1, -0.05) is 6.07 Å². The molecule has 0 aromatic carbocycles. The molecule has 0 unspecified atom stereocenters. The number of rotatable bonds is 3. The monoisotopic (exact) mass is 222 g/mol. The first-order valence-corrected chi connectivity index (χ1v) is 5.50. The van der Waals surface area contributed by atoms with Crippen LogP contribution < -0.4 is 4.72 Å². The second-order valence-electron chi connectivity index (χ2n) is 2.62. The highest BCUT2D eigenvalue weighted by molar-refractivity contribution is 7.92. The molecule has 0 saturated carbocycles. The van der Waals surface area contributed by atoms with Crippen molar-refractivity contribution in [3.05, 3.63) is 23.9 Å². The Hall–Kier alpha value is -1.24. The molecule has 0 fully saturated rings. The van der Waals surface area contributed by atoms with Crippen LogP contribution >= 0.6 is 0 Å². The fourth-order valence-electron chi connectivity index (χ4n) is 0.820. The Morgan fingerprint density at radius 2 is 2.07 bits per heavy atom. The summed E-state index contributed by atoms with van der Waals surface area (Å²) in [5, 5.41) is 0. The van der Waals surface area contributed by atoms with E-state index in [1.807, 2.05) is 4.72 Å². The van der Waals surface area contributed by atoms with Gasteiger partial charge in [0, 0.05) is 0 Å².